The molecule has 0 saturated heterocycles. The van der Waals surface area contributed by atoms with Gasteiger partial charge in [0.1, 0.15) is 11.2 Å². The van der Waals surface area contributed by atoms with Gasteiger partial charge in [-0.15, -0.1) is 0 Å². The number of rotatable bonds is 4. The Hall–Kier alpha value is -5.60. The molecule has 0 saturated carbocycles. The molecule has 0 amide bonds. The molecular formula is C43H31NO. The number of fused-ring (bicyclic) bond motifs is 7. The summed E-state index contributed by atoms with van der Waals surface area (Å²) in [5, 5.41) is 4.64. The lowest BCUT2D eigenvalue weighted by atomic mass is 9.82. The lowest BCUT2D eigenvalue weighted by Gasteiger charge is -2.27. The summed E-state index contributed by atoms with van der Waals surface area (Å²) >= 11 is 0. The third-order valence-corrected chi connectivity index (χ3v) is 9.64. The molecule has 0 unspecified atom stereocenters. The number of nitrogens with zero attached hydrogens (tertiary/aromatic N) is 1. The Morgan fingerprint density at radius 3 is 1.98 bits per heavy atom. The fraction of sp³-hybridized carbons (Fsp3) is 0.0698. The first kappa shape index (κ1) is 25.9. The van der Waals surface area contributed by atoms with Crippen LogP contribution in [0.1, 0.15) is 25.0 Å². The van der Waals surface area contributed by atoms with Crippen LogP contribution in [0.2, 0.25) is 0 Å². The second kappa shape index (κ2) is 9.70. The number of furan rings is 1. The molecule has 2 nitrogen and oxygen atoms in total. The molecule has 8 aromatic rings. The van der Waals surface area contributed by atoms with Gasteiger partial charge in [0, 0.05) is 33.2 Å². The number of anilines is 3. The van der Waals surface area contributed by atoms with E-state index in [1.54, 1.807) is 0 Å². The molecule has 1 aliphatic carbocycles. The van der Waals surface area contributed by atoms with E-state index in [9.17, 15) is 0 Å². The van der Waals surface area contributed by atoms with Gasteiger partial charge in [-0.05, 0) is 98.8 Å². The van der Waals surface area contributed by atoms with Gasteiger partial charge in [-0.2, -0.15) is 0 Å². The molecule has 0 fully saturated rings. The zero-order valence-electron chi connectivity index (χ0n) is 25.3. The van der Waals surface area contributed by atoms with Crippen LogP contribution in [0.15, 0.2) is 156 Å². The molecule has 0 radical (unpaired) electrons. The zero-order valence-corrected chi connectivity index (χ0v) is 25.3. The number of hydrogen-bond acceptors (Lipinski definition) is 2. The lowest BCUT2D eigenvalue weighted by Crippen LogP contribution is -2.15. The molecule has 0 aliphatic heterocycles. The first-order valence-corrected chi connectivity index (χ1v) is 15.6. The Kier molecular flexibility index (Phi) is 5.58. The Bertz CT molecular complexity index is 2400. The van der Waals surface area contributed by atoms with Crippen molar-refractivity contribution in [1.29, 1.82) is 0 Å². The highest BCUT2D eigenvalue weighted by Crippen LogP contribution is 2.50. The number of para-hydroxylation sites is 1. The quantitative estimate of drug-likeness (QED) is 0.207. The predicted molar refractivity (Wildman–Crippen MR) is 189 cm³/mol. The minimum atomic E-state index is -0.0334. The average Bonchev–Trinajstić information content (AvgIpc) is 3.56. The van der Waals surface area contributed by atoms with Crippen LogP contribution in [0.25, 0.3) is 55.0 Å². The first-order valence-electron chi connectivity index (χ1n) is 15.6. The van der Waals surface area contributed by atoms with Crippen molar-refractivity contribution in [3.05, 3.63) is 163 Å². The SMILES string of the molecule is CC1(C)c2ccccc2-c2cc(N(c3ccc(-c4ccccc4)cc3)c3ccc4cc5oc6ccccc6c5cc4c3)ccc21. The molecule has 0 bridgehead atoms. The highest BCUT2D eigenvalue weighted by molar-refractivity contribution is 6.10. The summed E-state index contributed by atoms with van der Waals surface area (Å²) in [7, 11) is 0. The highest BCUT2D eigenvalue weighted by Gasteiger charge is 2.35. The Morgan fingerprint density at radius 2 is 1.11 bits per heavy atom. The van der Waals surface area contributed by atoms with E-state index >= 15 is 0 Å². The van der Waals surface area contributed by atoms with Gasteiger partial charge in [0.15, 0.2) is 0 Å². The highest BCUT2D eigenvalue weighted by atomic mass is 16.3. The fourth-order valence-corrected chi connectivity index (χ4v) is 7.32. The van der Waals surface area contributed by atoms with Crippen LogP contribution in [-0.2, 0) is 5.41 Å². The van der Waals surface area contributed by atoms with Crippen molar-refractivity contribution in [2.45, 2.75) is 19.3 Å². The van der Waals surface area contributed by atoms with Crippen LogP contribution < -0.4 is 4.90 Å². The van der Waals surface area contributed by atoms with Crippen LogP contribution in [0.4, 0.5) is 17.1 Å². The summed E-state index contributed by atoms with van der Waals surface area (Å²) in [5.74, 6) is 0. The van der Waals surface area contributed by atoms with Gasteiger partial charge in [0.2, 0.25) is 0 Å². The molecule has 1 heterocycles. The van der Waals surface area contributed by atoms with E-state index in [0.717, 1.165) is 44.4 Å². The van der Waals surface area contributed by atoms with Gasteiger partial charge in [0.25, 0.3) is 0 Å². The predicted octanol–water partition coefficient (Wildman–Crippen LogP) is 12.2. The van der Waals surface area contributed by atoms with Crippen LogP contribution >= 0.6 is 0 Å². The Labute approximate surface area is 262 Å². The van der Waals surface area contributed by atoms with E-state index in [4.69, 9.17) is 4.42 Å². The van der Waals surface area contributed by atoms with Crippen molar-refractivity contribution in [1.82, 2.24) is 0 Å². The molecule has 7 aromatic carbocycles. The van der Waals surface area contributed by atoms with E-state index in [1.807, 2.05) is 12.1 Å². The van der Waals surface area contributed by atoms with Gasteiger partial charge in [0.05, 0.1) is 0 Å². The van der Waals surface area contributed by atoms with Crippen molar-refractivity contribution in [3.63, 3.8) is 0 Å². The monoisotopic (exact) mass is 577 g/mol. The number of benzene rings is 7. The molecular weight excluding hydrogens is 546 g/mol. The number of hydrogen-bond donors (Lipinski definition) is 0. The van der Waals surface area contributed by atoms with Crippen LogP contribution in [0.3, 0.4) is 0 Å². The third-order valence-electron chi connectivity index (χ3n) is 9.64. The Balaban J connectivity index is 1.23. The third kappa shape index (κ3) is 4.03. The smallest absolute Gasteiger partial charge is 0.136 e. The van der Waals surface area contributed by atoms with Crippen molar-refractivity contribution in [2.24, 2.45) is 0 Å². The molecule has 45 heavy (non-hydrogen) atoms. The zero-order chi connectivity index (χ0) is 30.1. The van der Waals surface area contributed by atoms with Crippen molar-refractivity contribution >= 4 is 49.8 Å². The molecule has 214 valence electrons. The van der Waals surface area contributed by atoms with E-state index < -0.39 is 0 Å². The maximum atomic E-state index is 6.20. The Morgan fingerprint density at radius 1 is 0.444 bits per heavy atom. The summed E-state index contributed by atoms with van der Waals surface area (Å²) < 4.78 is 6.20. The minimum Gasteiger partial charge on any atom is -0.456 e. The standard InChI is InChI=1S/C43H31NO/c1-43(2)39-14-8-6-12-35(39)37-27-34(22-23-40(37)43)44(32-19-16-29(17-20-32)28-10-4-3-5-11-28)33-21-18-30-26-42-38(25-31(30)24-33)36-13-7-9-15-41(36)45-42/h3-27H,1-2H3. The van der Waals surface area contributed by atoms with Gasteiger partial charge >= 0.3 is 0 Å². The van der Waals surface area contributed by atoms with Crippen LogP contribution in [0.5, 0.6) is 0 Å². The van der Waals surface area contributed by atoms with E-state index in [2.05, 4.69) is 158 Å². The molecule has 2 heteroatoms. The summed E-state index contributed by atoms with van der Waals surface area (Å²) in [6, 6.07) is 54.8. The fourth-order valence-electron chi connectivity index (χ4n) is 7.32. The average molecular weight is 578 g/mol. The first-order chi connectivity index (χ1) is 22.0. The van der Waals surface area contributed by atoms with Crippen molar-refractivity contribution in [2.75, 3.05) is 4.90 Å². The molecule has 0 atom stereocenters. The maximum Gasteiger partial charge on any atom is 0.136 e. The molecule has 1 aliphatic rings. The van der Waals surface area contributed by atoms with Crippen molar-refractivity contribution in [3.8, 4) is 22.3 Å². The largest absolute Gasteiger partial charge is 0.456 e. The summed E-state index contributed by atoms with van der Waals surface area (Å²) in [6.45, 7) is 4.67. The van der Waals surface area contributed by atoms with Gasteiger partial charge < -0.3 is 9.32 Å². The summed E-state index contributed by atoms with van der Waals surface area (Å²) in [4.78, 5) is 2.39. The van der Waals surface area contributed by atoms with Gasteiger partial charge in [-0.3, -0.25) is 0 Å². The molecule has 1 aromatic heterocycles. The molecule has 0 N–H and O–H groups in total. The summed E-state index contributed by atoms with van der Waals surface area (Å²) in [5.41, 5.74) is 13.0. The maximum absolute atomic E-state index is 6.20. The van der Waals surface area contributed by atoms with Crippen LogP contribution in [0, 0.1) is 0 Å². The van der Waals surface area contributed by atoms with Crippen LogP contribution in [-0.4, -0.2) is 0 Å². The van der Waals surface area contributed by atoms with Gasteiger partial charge in [-0.1, -0.05) is 111 Å². The topological polar surface area (TPSA) is 16.4 Å². The minimum absolute atomic E-state index is 0.0334. The van der Waals surface area contributed by atoms with E-state index in [1.165, 1.54) is 38.8 Å². The van der Waals surface area contributed by atoms with E-state index in [0.29, 0.717) is 0 Å². The van der Waals surface area contributed by atoms with E-state index in [-0.39, 0.29) is 5.41 Å². The van der Waals surface area contributed by atoms with Crippen molar-refractivity contribution < 1.29 is 4.42 Å². The second-order valence-electron chi connectivity index (χ2n) is 12.6. The van der Waals surface area contributed by atoms with Gasteiger partial charge in [-0.25, -0.2) is 0 Å². The molecule has 9 rings (SSSR count). The normalized spacial score (nSPS) is 13.3. The second-order valence-corrected chi connectivity index (χ2v) is 12.6. The summed E-state index contributed by atoms with van der Waals surface area (Å²) in [6.07, 6.45) is 0. The molecule has 0 spiro atoms. The lowest BCUT2D eigenvalue weighted by molar-refractivity contribution is 0.660.